The predicted octanol–water partition coefficient (Wildman–Crippen LogP) is 4.78. The molecule has 160 valence electrons. The van der Waals surface area contributed by atoms with E-state index in [1.807, 2.05) is 51.1 Å². The lowest BCUT2D eigenvalue weighted by Crippen LogP contribution is -2.36. The molecule has 4 rings (SSSR count). The van der Waals surface area contributed by atoms with Gasteiger partial charge in [0.15, 0.2) is 5.78 Å². The number of pyridine rings is 1. The highest BCUT2D eigenvalue weighted by atomic mass is 16.5. The number of nitrogens with zero attached hydrogens (tertiary/aromatic N) is 1. The van der Waals surface area contributed by atoms with Gasteiger partial charge in [0, 0.05) is 41.7 Å². The molecule has 0 saturated carbocycles. The van der Waals surface area contributed by atoms with Crippen molar-refractivity contribution in [3.05, 3.63) is 88.5 Å². The van der Waals surface area contributed by atoms with Crippen molar-refractivity contribution in [2.75, 3.05) is 0 Å². The summed E-state index contributed by atoms with van der Waals surface area (Å²) in [6.45, 7) is 5.75. The molecular formula is C26H28N2O3. The lowest BCUT2D eigenvalue weighted by molar-refractivity contribution is -0.144. The van der Waals surface area contributed by atoms with Gasteiger partial charge < -0.3 is 10.1 Å². The molecule has 1 aromatic carbocycles. The van der Waals surface area contributed by atoms with Crippen LogP contribution in [0.4, 0.5) is 0 Å². The lowest BCUT2D eigenvalue weighted by Gasteiger charge is -2.37. The summed E-state index contributed by atoms with van der Waals surface area (Å²) in [5.74, 6) is -0.615. The van der Waals surface area contributed by atoms with Gasteiger partial charge in [-0.1, -0.05) is 37.3 Å². The zero-order valence-electron chi connectivity index (χ0n) is 18.2. The number of hydrogen-bond acceptors (Lipinski definition) is 5. The molecule has 1 aromatic heterocycles. The number of dihydropyridines is 1. The van der Waals surface area contributed by atoms with Crippen LogP contribution in [-0.2, 0) is 14.3 Å². The SMILES string of the molecule is CC[C@@H](C)OC(=O)C1=C(C)NC2=C(C(=O)C[C@H](c3ccccc3)C2)[C@H]1c1ccncc1. The standard InChI is InChI=1S/C26H28N2O3/c1-4-16(2)31-26(30)23-17(3)28-21-14-20(18-8-6-5-7-9-18)15-22(29)25(21)24(23)19-10-12-27-13-11-19/h5-13,16,20,24,28H,4,14-15H2,1-3H3/t16-,20-,24+/m1/s1. The monoisotopic (exact) mass is 416 g/mol. The van der Waals surface area contributed by atoms with Crippen LogP contribution in [0, 0.1) is 0 Å². The maximum atomic E-state index is 13.5. The predicted molar refractivity (Wildman–Crippen MR) is 119 cm³/mol. The zero-order chi connectivity index (χ0) is 22.0. The number of benzene rings is 1. The number of Topliss-reactive ketones (excluding diaryl/α,β-unsaturated/α-hetero) is 1. The zero-order valence-corrected chi connectivity index (χ0v) is 18.2. The molecule has 5 nitrogen and oxygen atoms in total. The Balaban J connectivity index is 1.76. The highest BCUT2D eigenvalue weighted by molar-refractivity contribution is 6.04. The summed E-state index contributed by atoms with van der Waals surface area (Å²) in [5.41, 5.74) is 4.89. The van der Waals surface area contributed by atoms with Crippen molar-refractivity contribution >= 4 is 11.8 Å². The molecule has 0 radical (unpaired) electrons. The van der Waals surface area contributed by atoms with E-state index in [9.17, 15) is 9.59 Å². The summed E-state index contributed by atoms with van der Waals surface area (Å²) < 4.78 is 5.68. The molecule has 3 atom stereocenters. The van der Waals surface area contributed by atoms with Crippen LogP contribution in [0.2, 0.25) is 0 Å². The summed E-state index contributed by atoms with van der Waals surface area (Å²) in [6.07, 6.45) is 5.11. The molecule has 0 unspecified atom stereocenters. The minimum atomic E-state index is -0.444. The van der Waals surface area contributed by atoms with Gasteiger partial charge in [-0.2, -0.15) is 0 Å². The molecule has 1 aliphatic heterocycles. The normalized spacial score (nSPS) is 22.0. The fourth-order valence-corrected chi connectivity index (χ4v) is 4.49. The minimum Gasteiger partial charge on any atom is -0.459 e. The molecule has 0 bridgehead atoms. The van der Waals surface area contributed by atoms with E-state index in [2.05, 4.69) is 22.4 Å². The molecule has 2 heterocycles. The Morgan fingerprint density at radius 3 is 2.52 bits per heavy atom. The minimum absolute atomic E-state index is 0.0748. The lowest BCUT2D eigenvalue weighted by atomic mass is 9.72. The first kappa shape index (κ1) is 21.0. The summed E-state index contributed by atoms with van der Waals surface area (Å²) in [5, 5.41) is 3.39. The van der Waals surface area contributed by atoms with Gasteiger partial charge in [-0.3, -0.25) is 9.78 Å². The van der Waals surface area contributed by atoms with Crippen LogP contribution in [0.1, 0.15) is 63.0 Å². The Bertz CT molecular complexity index is 1040. The summed E-state index contributed by atoms with van der Waals surface area (Å²) >= 11 is 0. The van der Waals surface area contributed by atoms with E-state index in [4.69, 9.17) is 4.74 Å². The van der Waals surface area contributed by atoms with Crippen molar-refractivity contribution in [1.82, 2.24) is 10.3 Å². The van der Waals surface area contributed by atoms with Crippen LogP contribution in [-0.4, -0.2) is 22.8 Å². The van der Waals surface area contributed by atoms with Crippen LogP contribution in [0.25, 0.3) is 0 Å². The average Bonchev–Trinajstić information content (AvgIpc) is 2.79. The van der Waals surface area contributed by atoms with E-state index >= 15 is 0 Å². The van der Waals surface area contributed by atoms with E-state index in [0.717, 1.165) is 35.4 Å². The Labute approximate surface area is 183 Å². The molecule has 1 aliphatic carbocycles. The third-order valence-corrected chi connectivity index (χ3v) is 6.24. The maximum absolute atomic E-state index is 13.5. The quantitative estimate of drug-likeness (QED) is 0.710. The van der Waals surface area contributed by atoms with E-state index in [1.54, 1.807) is 12.4 Å². The number of rotatable bonds is 5. The fourth-order valence-electron chi connectivity index (χ4n) is 4.49. The molecule has 31 heavy (non-hydrogen) atoms. The topological polar surface area (TPSA) is 68.3 Å². The first-order chi connectivity index (χ1) is 15.0. The second-order valence-electron chi connectivity index (χ2n) is 8.33. The third-order valence-electron chi connectivity index (χ3n) is 6.24. The highest BCUT2D eigenvalue weighted by Gasteiger charge is 2.41. The molecule has 2 aromatic rings. The largest absolute Gasteiger partial charge is 0.459 e. The molecule has 2 aliphatic rings. The van der Waals surface area contributed by atoms with Crippen LogP contribution >= 0.6 is 0 Å². The number of ether oxygens (including phenoxy) is 1. The number of carbonyl (C=O) groups excluding carboxylic acids is 2. The smallest absolute Gasteiger partial charge is 0.337 e. The van der Waals surface area contributed by atoms with Gasteiger partial charge in [0.05, 0.1) is 11.7 Å². The number of esters is 1. The molecule has 0 saturated heterocycles. The molecule has 0 spiro atoms. The number of allylic oxidation sites excluding steroid dienone is 3. The molecule has 5 heteroatoms. The van der Waals surface area contributed by atoms with Crippen LogP contribution in [0.15, 0.2) is 77.4 Å². The van der Waals surface area contributed by atoms with Crippen LogP contribution in [0.5, 0.6) is 0 Å². The van der Waals surface area contributed by atoms with E-state index in [1.165, 1.54) is 0 Å². The number of ketones is 1. The Kier molecular flexibility index (Phi) is 6.03. The number of aromatic nitrogens is 1. The number of carbonyl (C=O) groups is 2. The molecule has 0 amide bonds. The summed E-state index contributed by atoms with van der Waals surface area (Å²) in [6, 6.07) is 13.9. The third kappa shape index (κ3) is 4.18. The Morgan fingerprint density at radius 1 is 1.13 bits per heavy atom. The molecular weight excluding hydrogens is 388 g/mol. The first-order valence-corrected chi connectivity index (χ1v) is 10.9. The van der Waals surface area contributed by atoms with E-state index < -0.39 is 5.92 Å². The van der Waals surface area contributed by atoms with Gasteiger partial charge in [-0.25, -0.2) is 4.79 Å². The summed E-state index contributed by atoms with van der Waals surface area (Å²) in [4.78, 5) is 30.7. The first-order valence-electron chi connectivity index (χ1n) is 10.9. The van der Waals surface area contributed by atoms with Gasteiger partial charge in [0.2, 0.25) is 0 Å². The van der Waals surface area contributed by atoms with Crippen molar-refractivity contribution in [3.8, 4) is 0 Å². The fraction of sp³-hybridized carbons (Fsp3) is 0.346. The van der Waals surface area contributed by atoms with Crippen molar-refractivity contribution in [2.24, 2.45) is 0 Å². The summed E-state index contributed by atoms with van der Waals surface area (Å²) in [7, 11) is 0. The van der Waals surface area contributed by atoms with Gasteiger partial charge in [-0.05, 0) is 55.9 Å². The van der Waals surface area contributed by atoms with Crippen molar-refractivity contribution in [1.29, 1.82) is 0 Å². The van der Waals surface area contributed by atoms with Crippen molar-refractivity contribution < 1.29 is 14.3 Å². The van der Waals surface area contributed by atoms with Gasteiger partial charge in [0.25, 0.3) is 0 Å². The van der Waals surface area contributed by atoms with E-state index in [-0.39, 0.29) is 23.8 Å². The molecule has 1 N–H and O–H groups in total. The Morgan fingerprint density at radius 2 is 1.84 bits per heavy atom. The van der Waals surface area contributed by atoms with Gasteiger partial charge >= 0.3 is 5.97 Å². The van der Waals surface area contributed by atoms with Crippen molar-refractivity contribution in [2.45, 2.75) is 58.0 Å². The number of hydrogen-bond donors (Lipinski definition) is 1. The second kappa shape index (κ2) is 8.88. The van der Waals surface area contributed by atoms with E-state index in [0.29, 0.717) is 17.6 Å². The highest BCUT2D eigenvalue weighted by Crippen LogP contribution is 2.45. The Hall–Kier alpha value is -3.21. The van der Waals surface area contributed by atoms with Crippen molar-refractivity contribution in [3.63, 3.8) is 0 Å². The second-order valence-corrected chi connectivity index (χ2v) is 8.33. The van der Waals surface area contributed by atoms with Gasteiger partial charge in [0.1, 0.15) is 0 Å². The van der Waals surface area contributed by atoms with Crippen LogP contribution in [0.3, 0.4) is 0 Å². The molecule has 0 fully saturated rings. The van der Waals surface area contributed by atoms with Gasteiger partial charge in [-0.15, -0.1) is 0 Å². The number of nitrogens with one attached hydrogen (secondary N) is 1. The average molecular weight is 417 g/mol. The maximum Gasteiger partial charge on any atom is 0.337 e. The van der Waals surface area contributed by atoms with Crippen LogP contribution < -0.4 is 5.32 Å².